The average molecular weight is 352 g/mol. The highest BCUT2D eigenvalue weighted by Gasteiger charge is 2.30. The van der Waals surface area contributed by atoms with E-state index in [1.807, 2.05) is 41.0 Å². The van der Waals surface area contributed by atoms with Gasteiger partial charge in [0.2, 0.25) is 11.8 Å². The Kier molecular flexibility index (Phi) is 6.63. The summed E-state index contributed by atoms with van der Waals surface area (Å²) in [5, 5.41) is 3.24. The lowest BCUT2D eigenvalue weighted by atomic mass is 10.0. The monoisotopic (exact) mass is 351 g/mol. The smallest absolute Gasteiger partial charge is 0.227 e. The molecule has 2 fully saturated rings. The number of benzene rings is 1. The molecule has 0 bridgehead atoms. The molecule has 1 unspecified atom stereocenters. The molecule has 6 heteroatoms. The molecule has 2 saturated heterocycles. The summed E-state index contributed by atoms with van der Waals surface area (Å²) in [7, 11) is 0. The summed E-state index contributed by atoms with van der Waals surface area (Å²) in [4.78, 5) is 28.7. The normalized spacial score (nSPS) is 20.6. The van der Waals surface area contributed by atoms with Crippen LogP contribution in [0.4, 0.5) is 0 Å². The van der Waals surface area contributed by atoms with E-state index in [1.165, 1.54) is 0 Å². The third-order valence-corrected chi connectivity index (χ3v) is 4.96. The van der Waals surface area contributed by atoms with E-state index >= 15 is 0 Å². The van der Waals surface area contributed by atoms with Crippen molar-refractivity contribution in [3.63, 3.8) is 0 Å². The van der Waals surface area contributed by atoms with Crippen LogP contribution in [0.2, 0.25) is 0 Å². The summed E-state index contributed by atoms with van der Waals surface area (Å²) >= 11 is 0. The van der Waals surface area contributed by atoms with E-state index < -0.39 is 0 Å². The van der Waals surface area contributed by atoms with Gasteiger partial charge in [-0.05, 0) is 31.0 Å². The first-order chi connectivity index (χ1) is 11.1. The minimum absolute atomic E-state index is 0. The van der Waals surface area contributed by atoms with Crippen molar-refractivity contribution in [1.82, 2.24) is 15.1 Å². The summed E-state index contributed by atoms with van der Waals surface area (Å²) in [6, 6.07) is 8.02. The molecule has 2 heterocycles. The lowest BCUT2D eigenvalue weighted by Gasteiger charge is -2.36. The van der Waals surface area contributed by atoms with Crippen LogP contribution in [-0.4, -0.2) is 60.9 Å². The van der Waals surface area contributed by atoms with Crippen LogP contribution in [-0.2, 0) is 16.0 Å². The zero-order chi connectivity index (χ0) is 16.2. The van der Waals surface area contributed by atoms with Crippen molar-refractivity contribution >= 4 is 24.2 Å². The molecule has 3 rings (SSSR count). The predicted octanol–water partition coefficient (Wildman–Crippen LogP) is 1.24. The highest BCUT2D eigenvalue weighted by Crippen LogP contribution is 2.15. The lowest BCUT2D eigenvalue weighted by molar-refractivity contribution is -0.141. The number of piperazine rings is 1. The van der Waals surface area contributed by atoms with Gasteiger partial charge in [-0.1, -0.05) is 24.3 Å². The van der Waals surface area contributed by atoms with Crippen LogP contribution < -0.4 is 5.32 Å². The van der Waals surface area contributed by atoms with Gasteiger partial charge in [-0.15, -0.1) is 12.4 Å². The lowest BCUT2D eigenvalue weighted by Crippen LogP contribution is -2.52. The Labute approximate surface area is 149 Å². The number of hydrogen-bond acceptors (Lipinski definition) is 3. The topological polar surface area (TPSA) is 52.7 Å². The van der Waals surface area contributed by atoms with Crippen LogP contribution >= 0.6 is 12.4 Å². The molecule has 0 aliphatic carbocycles. The van der Waals surface area contributed by atoms with Gasteiger partial charge in [-0.3, -0.25) is 9.59 Å². The molecule has 0 saturated carbocycles. The van der Waals surface area contributed by atoms with Crippen LogP contribution in [0, 0.1) is 12.8 Å². The molecule has 2 aliphatic rings. The van der Waals surface area contributed by atoms with Crippen molar-refractivity contribution in [1.29, 1.82) is 0 Å². The number of nitrogens with one attached hydrogen (secondary N) is 1. The Balaban J connectivity index is 0.00000208. The van der Waals surface area contributed by atoms with Crippen molar-refractivity contribution in [2.45, 2.75) is 19.8 Å². The van der Waals surface area contributed by atoms with Crippen molar-refractivity contribution < 1.29 is 9.59 Å². The van der Waals surface area contributed by atoms with Crippen LogP contribution in [0.5, 0.6) is 0 Å². The molecular formula is C18H26ClN3O2. The molecule has 2 amide bonds. The molecule has 1 aromatic rings. The Morgan fingerprint density at radius 1 is 1.12 bits per heavy atom. The summed E-state index contributed by atoms with van der Waals surface area (Å²) in [6.07, 6.45) is 1.39. The zero-order valence-electron chi connectivity index (χ0n) is 14.2. The van der Waals surface area contributed by atoms with Gasteiger partial charge in [-0.25, -0.2) is 0 Å². The molecule has 1 atom stereocenters. The molecule has 132 valence electrons. The first kappa shape index (κ1) is 18.7. The van der Waals surface area contributed by atoms with Crippen molar-refractivity contribution in [3.8, 4) is 0 Å². The number of amides is 2. The van der Waals surface area contributed by atoms with Crippen molar-refractivity contribution in [2.24, 2.45) is 5.92 Å². The van der Waals surface area contributed by atoms with Gasteiger partial charge in [0.05, 0.1) is 12.3 Å². The highest BCUT2D eigenvalue weighted by atomic mass is 35.5. The number of rotatable bonds is 3. The Hall–Kier alpha value is -1.59. The van der Waals surface area contributed by atoms with Gasteiger partial charge in [-0.2, -0.15) is 0 Å². The van der Waals surface area contributed by atoms with Crippen LogP contribution in [0.25, 0.3) is 0 Å². The number of carbonyl (C=O) groups is 2. The van der Waals surface area contributed by atoms with E-state index in [4.69, 9.17) is 0 Å². The summed E-state index contributed by atoms with van der Waals surface area (Å²) in [5.41, 5.74) is 2.25. The summed E-state index contributed by atoms with van der Waals surface area (Å²) in [5.74, 6) is 0.541. The largest absolute Gasteiger partial charge is 0.339 e. The van der Waals surface area contributed by atoms with Gasteiger partial charge in [0.1, 0.15) is 0 Å². The maximum Gasteiger partial charge on any atom is 0.227 e. The second-order valence-corrected chi connectivity index (χ2v) is 6.50. The number of hydrogen-bond donors (Lipinski definition) is 1. The predicted molar refractivity (Wildman–Crippen MR) is 96.3 cm³/mol. The number of carbonyl (C=O) groups excluding carboxylic acids is 2. The molecular weight excluding hydrogens is 326 g/mol. The number of aryl methyl sites for hydroxylation is 1. The van der Waals surface area contributed by atoms with E-state index in [2.05, 4.69) is 5.32 Å². The maximum absolute atomic E-state index is 12.5. The van der Waals surface area contributed by atoms with E-state index in [9.17, 15) is 9.59 Å². The van der Waals surface area contributed by atoms with E-state index in [0.717, 1.165) is 30.6 Å². The van der Waals surface area contributed by atoms with Gasteiger partial charge < -0.3 is 15.1 Å². The van der Waals surface area contributed by atoms with Crippen LogP contribution in [0.1, 0.15) is 17.5 Å². The number of halogens is 1. The van der Waals surface area contributed by atoms with E-state index in [-0.39, 0.29) is 30.1 Å². The molecule has 1 N–H and O–H groups in total. The SMILES string of the molecule is Cc1ccccc1CC(=O)N1CCN(C(=O)C2CCNC2)CC1.Cl. The summed E-state index contributed by atoms with van der Waals surface area (Å²) in [6.45, 7) is 6.39. The van der Waals surface area contributed by atoms with Gasteiger partial charge in [0, 0.05) is 32.7 Å². The minimum Gasteiger partial charge on any atom is -0.339 e. The second-order valence-electron chi connectivity index (χ2n) is 6.50. The van der Waals surface area contributed by atoms with Crippen LogP contribution in [0.3, 0.4) is 0 Å². The van der Waals surface area contributed by atoms with Gasteiger partial charge in [0.25, 0.3) is 0 Å². The van der Waals surface area contributed by atoms with Gasteiger partial charge >= 0.3 is 0 Å². The third kappa shape index (κ3) is 4.28. The Morgan fingerprint density at radius 3 is 2.42 bits per heavy atom. The van der Waals surface area contributed by atoms with Gasteiger partial charge in [0.15, 0.2) is 0 Å². The highest BCUT2D eigenvalue weighted by molar-refractivity contribution is 5.85. The fourth-order valence-electron chi connectivity index (χ4n) is 3.38. The summed E-state index contributed by atoms with van der Waals surface area (Å²) < 4.78 is 0. The van der Waals surface area contributed by atoms with Crippen molar-refractivity contribution in [3.05, 3.63) is 35.4 Å². The second kappa shape index (κ2) is 8.49. The Bertz CT molecular complexity index is 579. The quantitative estimate of drug-likeness (QED) is 0.891. The fraction of sp³-hybridized carbons (Fsp3) is 0.556. The maximum atomic E-state index is 12.5. The average Bonchev–Trinajstić information content (AvgIpc) is 3.11. The first-order valence-corrected chi connectivity index (χ1v) is 8.47. The third-order valence-electron chi connectivity index (χ3n) is 4.96. The van der Waals surface area contributed by atoms with Crippen molar-refractivity contribution in [2.75, 3.05) is 39.3 Å². The number of nitrogens with zero attached hydrogens (tertiary/aromatic N) is 2. The first-order valence-electron chi connectivity index (χ1n) is 8.47. The molecule has 5 nitrogen and oxygen atoms in total. The standard InChI is InChI=1S/C18H25N3O2.ClH/c1-14-4-2-3-5-15(14)12-17(22)20-8-10-21(11-9-20)18(23)16-6-7-19-13-16;/h2-5,16,19H,6-13H2,1H3;1H. The zero-order valence-corrected chi connectivity index (χ0v) is 15.0. The fourth-order valence-corrected chi connectivity index (χ4v) is 3.38. The molecule has 0 aromatic heterocycles. The molecule has 0 radical (unpaired) electrons. The van der Waals surface area contributed by atoms with E-state index in [1.54, 1.807) is 0 Å². The molecule has 0 spiro atoms. The molecule has 2 aliphatic heterocycles. The Morgan fingerprint density at radius 2 is 1.79 bits per heavy atom. The molecule has 24 heavy (non-hydrogen) atoms. The van der Waals surface area contributed by atoms with E-state index in [0.29, 0.717) is 32.6 Å². The molecule has 1 aromatic carbocycles. The van der Waals surface area contributed by atoms with Crippen LogP contribution in [0.15, 0.2) is 24.3 Å². The minimum atomic E-state index is 0.